The van der Waals surface area contributed by atoms with Crippen molar-refractivity contribution in [3.05, 3.63) is 29.3 Å². The molecule has 1 N–H and O–H groups in total. The summed E-state index contributed by atoms with van der Waals surface area (Å²) in [6, 6.07) is 6.12. The molecule has 136 valence electrons. The summed E-state index contributed by atoms with van der Waals surface area (Å²) < 4.78 is 6.73. The predicted octanol–water partition coefficient (Wildman–Crippen LogP) is 5.43. The summed E-state index contributed by atoms with van der Waals surface area (Å²) in [5.74, 6) is 3.44. The van der Waals surface area contributed by atoms with Crippen LogP contribution in [0.5, 0.6) is 5.75 Å². The minimum absolute atomic E-state index is 0.136. The minimum atomic E-state index is 0.136. The Hall–Kier alpha value is -1.02. The number of benzene rings is 1. The zero-order valence-electron chi connectivity index (χ0n) is 15.9. The second-order valence-corrected chi connectivity index (χ2v) is 9.75. The number of aryl methyl sites for hydroxylation is 1. The number of ether oxygens (including phenoxy) is 1. The first-order valence-electron chi connectivity index (χ1n) is 10.4. The molecule has 0 radical (unpaired) electrons. The summed E-state index contributed by atoms with van der Waals surface area (Å²) in [6.07, 6.45) is 9.31. The summed E-state index contributed by atoms with van der Waals surface area (Å²) >= 11 is 0. The third-order valence-corrected chi connectivity index (χ3v) is 8.79. The van der Waals surface area contributed by atoms with Gasteiger partial charge in [0.1, 0.15) is 5.75 Å². The lowest BCUT2D eigenvalue weighted by Gasteiger charge is -2.55. The van der Waals surface area contributed by atoms with Gasteiger partial charge in [-0.15, -0.1) is 0 Å². The van der Waals surface area contributed by atoms with Crippen LogP contribution in [-0.2, 0) is 11.2 Å². The van der Waals surface area contributed by atoms with Crippen molar-refractivity contribution in [1.29, 1.82) is 0 Å². The maximum atomic E-state index is 9.85. The maximum Gasteiger partial charge on any atom is 0.115 e. The first kappa shape index (κ1) is 16.2. The quantitative estimate of drug-likeness (QED) is 0.682. The van der Waals surface area contributed by atoms with E-state index in [2.05, 4.69) is 26.8 Å². The van der Waals surface area contributed by atoms with E-state index in [1.165, 1.54) is 49.7 Å². The Balaban J connectivity index is 1.51. The Morgan fingerprint density at radius 1 is 1.12 bits per heavy atom. The van der Waals surface area contributed by atoms with Gasteiger partial charge < -0.3 is 9.84 Å². The van der Waals surface area contributed by atoms with Crippen molar-refractivity contribution in [2.45, 2.75) is 83.3 Å². The second-order valence-electron chi connectivity index (χ2n) is 9.75. The van der Waals surface area contributed by atoms with Gasteiger partial charge in [0, 0.05) is 0 Å². The molecular formula is C23H32O2. The van der Waals surface area contributed by atoms with Gasteiger partial charge in [-0.25, -0.2) is 0 Å². The van der Waals surface area contributed by atoms with Gasteiger partial charge in [-0.1, -0.05) is 19.9 Å². The van der Waals surface area contributed by atoms with Gasteiger partial charge in [0.05, 0.1) is 11.7 Å². The third kappa shape index (κ3) is 2.01. The van der Waals surface area contributed by atoms with Crippen LogP contribution in [0.25, 0.3) is 0 Å². The van der Waals surface area contributed by atoms with Crippen LogP contribution < -0.4 is 0 Å². The Bertz CT molecular complexity index is 697. The zero-order chi connectivity index (χ0) is 17.4. The molecule has 0 bridgehead atoms. The molecule has 7 atom stereocenters. The van der Waals surface area contributed by atoms with Crippen LogP contribution >= 0.6 is 0 Å². The molecular weight excluding hydrogens is 308 g/mol. The SMILES string of the molecule is CC1C[C@@H](C)[C@]2(CC[C@H]3[C@@H]4CCc5cc(O)ccc5[C@H]4CC[C@@]32C)O1. The Labute approximate surface area is 152 Å². The van der Waals surface area contributed by atoms with Crippen LogP contribution in [0.1, 0.15) is 76.3 Å². The molecule has 1 heterocycles. The highest BCUT2D eigenvalue weighted by atomic mass is 16.5. The number of fused-ring (bicyclic) bond motifs is 6. The van der Waals surface area contributed by atoms with Gasteiger partial charge >= 0.3 is 0 Å². The van der Waals surface area contributed by atoms with E-state index in [9.17, 15) is 5.11 Å². The molecule has 25 heavy (non-hydrogen) atoms. The molecule has 2 nitrogen and oxygen atoms in total. The highest BCUT2D eigenvalue weighted by Gasteiger charge is 2.66. The van der Waals surface area contributed by atoms with Gasteiger partial charge in [0.25, 0.3) is 0 Å². The van der Waals surface area contributed by atoms with Crippen molar-refractivity contribution >= 4 is 0 Å². The molecule has 5 rings (SSSR count). The number of phenolic OH excluding ortho intramolecular Hbond substituents is 1. The van der Waals surface area contributed by atoms with E-state index in [4.69, 9.17) is 4.74 Å². The molecule has 3 aliphatic carbocycles. The molecule has 1 spiro atoms. The fraction of sp³-hybridized carbons (Fsp3) is 0.739. The third-order valence-electron chi connectivity index (χ3n) is 8.79. The van der Waals surface area contributed by atoms with Crippen molar-refractivity contribution in [3.8, 4) is 5.75 Å². The van der Waals surface area contributed by atoms with Crippen molar-refractivity contribution in [1.82, 2.24) is 0 Å². The summed E-state index contributed by atoms with van der Waals surface area (Å²) in [5.41, 5.74) is 3.42. The van der Waals surface area contributed by atoms with Gasteiger partial charge in [-0.2, -0.15) is 0 Å². The maximum absolute atomic E-state index is 9.85. The summed E-state index contributed by atoms with van der Waals surface area (Å²) in [5, 5.41) is 9.85. The van der Waals surface area contributed by atoms with Gasteiger partial charge in [0.15, 0.2) is 0 Å². The van der Waals surface area contributed by atoms with Crippen molar-refractivity contribution < 1.29 is 9.84 Å². The highest BCUT2D eigenvalue weighted by Crippen LogP contribution is 2.68. The van der Waals surface area contributed by atoms with Crippen LogP contribution in [0.2, 0.25) is 0 Å². The van der Waals surface area contributed by atoms with E-state index in [1.807, 2.05) is 12.1 Å². The van der Waals surface area contributed by atoms with Gasteiger partial charge in [0.2, 0.25) is 0 Å². The first-order chi connectivity index (χ1) is 11.9. The van der Waals surface area contributed by atoms with Crippen LogP contribution in [-0.4, -0.2) is 16.8 Å². The van der Waals surface area contributed by atoms with E-state index in [0.717, 1.165) is 18.3 Å². The van der Waals surface area contributed by atoms with E-state index >= 15 is 0 Å². The highest BCUT2D eigenvalue weighted by molar-refractivity contribution is 5.40. The van der Waals surface area contributed by atoms with Crippen molar-refractivity contribution in [2.75, 3.05) is 0 Å². The van der Waals surface area contributed by atoms with E-state index in [-0.39, 0.29) is 5.60 Å². The average molecular weight is 341 g/mol. The van der Waals surface area contributed by atoms with Crippen LogP contribution in [0, 0.1) is 23.2 Å². The fourth-order valence-corrected chi connectivity index (χ4v) is 7.82. The van der Waals surface area contributed by atoms with Crippen molar-refractivity contribution in [3.63, 3.8) is 0 Å². The first-order valence-corrected chi connectivity index (χ1v) is 10.4. The number of phenols is 1. The van der Waals surface area contributed by atoms with Crippen LogP contribution in [0.4, 0.5) is 0 Å². The topological polar surface area (TPSA) is 29.5 Å². The predicted molar refractivity (Wildman–Crippen MR) is 99.8 cm³/mol. The molecule has 3 fully saturated rings. The lowest BCUT2D eigenvalue weighted by Crippen LogP contribution is -2.53. The molecule has 1 unspecified atom stereocenters. The number of hydrogen-bond acceptors (Lipinski definition) is 2. The van der Waals surface area contributed by atoms with E-state index in [1.54, 1.807) is 0 Å². The Morgan fingerprint density at radius 3 is 2.72 bits per heavy atom. The molecule has 2 saturated carbocycles. The smallest absolute Gasteiger partial charge is 0.115 e. The fourth-order valence-electron chi connectivity index (χ4n) is 7.82. The van der Waals surface area contributed by atoms with E-state index in [0.29, 0.717) is 29.1 Å². The number of rotatable bonds is 0. The molecule has 0 amide bonds. The van der Waals surface area contributed by atoms with Crippen LogP contribution in [0.15, 0.2) is 18.2 Å². The van der Waals surface area contributed by atoms with Gasteiger partial charge in [-0.05, 0) is 104 Å². The van der Waals surface area contributed by atoms with Crippen molar-refractivity contribution in [2.24, 2.45) is 23.2 Å². The lowest BCUT2D eigenvalue weighted by molar-refractivity contribution is -0.147. The number of hydrogen-bond donors (Lipinski definition) is 1. The van der Waals surface area contributed by atoms with Crippen LogP contribution in [0.3, 0.4) is 0 Å². The second kappa shape index (κ2) is 5.25. The zero-order valence-corrected chi connectivity index (χ0v) is 15.9. The number of aromatic hydroxyl groups is 1. The minimum Gasteiger partial charge on any atom is -0.508 e. The molecule has 1 saturated heterocycles. The average Bonchev–Trinajstić information content (AvgIpc) is 3.04. The molecule has 4 aliphatic rings. The Kier molecular flexibility index (Phi) is 3.40. The standard InChI is InChI=1S/C23H32O2/c1-14-12-15(2)25-23(14)11-9-21-20-6-4-16-13-17(24)5-7-18(16)19(20)8-10-22(21,23)3/h5,7,13-15,19-21,24H,4,6,8-12H2,1-3H3/t14-,15?,19-,20-,21+,22+,23+/m1/s1. The lowest BCUT2D eigenvalue weighted by atomic mass is 9.52. The molecule has 1 aromatic carbocycles. The summed E-state index contributed by atoms with van der Waals surface area (Å²) in [6.45, 7) is 7.29. The summed E-state index contributed by atoms with van der Waals surface area (Å²) in [7, 11) is 0. The largest absolute Gasteiger partial charge is 0.508 e. The molecule has 0 aromatic heterocycles. The normalized spacial score (nSPS) is 48.2. The van der Waals surface area contributed by atoms with Gasteiger partial charge in [-0.3, -0.25) is 0 Å². The Morgan fingerprint density at radius 2 is 1.96 bits per heavy atom. The summed E-state index contributed by atoms with van der Waals surface area (Å²) in [4.78, 5) is 0. The molecule has 1 aliphatic heterocycles. The molecule has 2 heteroatoms. The monoisotopic (exact) mass is 340 g/mol. The molecule has 1 aromatic rings. The van der Waals surface area contributed by atoms with E-state index < -0.39 is 0 Å².